The average Bonchev–Trinajstić information content (AvgIpc) is 2.59. The van der Waals surface area contributed by atoms with Crippen molar-refractivity contribution in [3.05, 3.63) is 64.4 Å². The lowest BCUT2D eigenvalue weighted by atomic mass is 10.1. The molecule has 0 saturated heterocycles. The maximum Gasteiger partial charge on any atom is 0.333 e. The summed E-state index contributed by atoms with van der Waals surface area (Å²) in [4.78, 5) is 28.5. The van der Waals surface area contributed by atoms with E-state index in [0.29, 0.717) is 5.56 Å². The average molecular weight is 396 g/mol. The third-order valence-electron chi connectivity index (χ3n) is 3.47. The zero-order chi connectivity index (χ0) is 20.0. The number of aliphatic carboxylic acids is 1. The number of ether oxygens (including phenoxy) is 1. The minimum Gasteiger partial charge on any atom is -0.479 e. The van der Waals surface area contributed by atoms with Gasteiger partial charge in [-0.2, -0.15) is 5.48 Å². The highest BCUT2D eigenvalue weighted by Gasteiger charge is 2.20. The minimum atomic E-state index is -1.07. The molecule has 27 heavy (non-hydrogen) atoms. The van der Waals surface area contributed by atoms with Crippen molar-refractivity contribution in [3.63, 3.8) is 0 Å². The van der Waals surface area contributed by atoms with Crippen molar-refractivity contribution in [2.75, 3.05) is 0 Å². The van der Waals surface area contributed by atoms with Crippen molar-refractivity contribution in [2.24, 2.45) is 0 Å². The Labute approximate surface area is 160 Å². The van der Waals surface area contributed by atoms with Crippen LogP contribution >= 0.6 is 11.6 Å². The Kier molecular flexibility index (Phi) is 7.15. The molecule has 0 aliphatic carbocycles. The zero-order valence-corrected chi connectivity index (χ0v) is 15.5. The Morgan fingerprint density at radius 3 is 2.59 bits per heavy atom. The highest BCUT2D eigenvalue weighted by Crippen LogP contribution is 2.17. The van der Waals surface area contributed by atoms with Gasteiger partial charge in [0.25, 0.3) is 5.91 Å². The minimum absolute atomic E-state index is 0.129. The molecule has 2 rings (SSSR count). The third kappa shape index (κ3) is 6.23. The number of carbonyl (C=O) groups is 2. The fourth-order valence-corrected chi connectivity index (χ4v) is 2.46. The van der Waals surface area contributed by atoms with E-state index in [4.69, 9.17) is 21.2 Å². The number of halogens is 2. The highest BCUT2D eigenvalue weighted by molar-refractivity contribution is 6.30. The van der Waals surface area contributed by atoms with Crippen LogP contribution in [0.5, 0.6) is 5.75 Å². The number of hydroxylamine groups is 1. The van der Waals surface area contributed by atoms with Crippen LogP contribution in [0.2, 0.25) is 5.02 Å². The molecule has 1 unspecified atom stereocenters. The number of amides is 1. The largest absolute Gasteiger partial charge is 0.479 e. The van der Waals surface area contributed by atoms with Crippen molar-refractivity contribution in [2.45, 2.75) is 32.5 Å². The number of carboxylic acids is 1. The van der Waals surface area contributed by atoms with Crippen LogP contribution in [0.3, 0.4) is 0 Å². The Hall–Kier alpha value is -2.64. The van der Waals surface area contributed by atoms with Gasteiger partial charge in [-0.25, -0.2) is 9.18 Å². The van der Waals surface area contributed by atoms with E-state index < -0.39 is 23.8 Å². The molecule has 2 aromatic carbocycles. The molecule has 0 aliphatic rings. The van der Waals surface area contributed by atoms with Crippen LogP contribution in [-0.2, 0) is 16.0 Å². The first-order chi connectivity index (χ1) is 12.8. The lowest BCUT2D eigenvalue weighted by molar-refractivity contribution is -0.153. The summed E-state index contributed by atoms with van der Waals surface area (Å²) in [6.07, 6.45) is -1.11. The number of benzene rings is 2. The molecule has 0 bridgehead atoms. The molecular formula is C19H19ClFNO5. The van der Waals surface area contributed by atoms with E-state index in [2.05, 4.69) is 5.48 Å². The van der Waals surface area contributed by atoms with Gasteiger partial charge >= 0.3 is 5.97 Å². The number of hydrogen-bond acceptors (Lipinski definition) is 4. The molecule has 6 nitrogen and oxygen atoms in total. The summed E-state index contributed by atoms with van der Waals surface area (Å²) in [5.74, 6) is -2.35. The van der Waals surface area contributed by atoms with Gasteiger partial charge in [-0.3, -0.25) is 4.79 Å². The van der Waals surface area contributed by atoms with Crippen LogP contribution in [0.4, 0.5) is 4.39 Å². The van der Waals surface area contributed by atoms with Gasteiger partial charge in [-0.15, -0.1) is 0 Å². The monoisotopic (exact) mass is 395 g/mol. The van der Waals surface area contributed by atoms with Crippen molar-refractivity contribution >= 4 is 23.5 Å². The normalized spacial score (nSPS) is 11.9. The number of rotatable bonds is 8. The predicted octanol–water partition coefficient (Wildman–Crippen LogP) is 3.62. The molecule has 2 aromatic rings. The second-order valence-corrected chi connectivity index (χ2v) is 6.46. The molecule has 1 atom stereocenters. The van der Waals surface area contributed by atoms with Crippen LogP contribution in [-0.4, -0.2) is 29.2 Å². The van der Waals surface area contributed by atoms with Crippen molar-refractivity contribution < 1.29 is 28.7 Å². The van der Waals surface area contributed by atoms with Crippen LogP contribution in [0.25, 0.3) is 0 Å². The number of nitrogens with one attached hydrogen (secondary N) is 1. The molecule has 2 N–H and O–H groups in total. The maximum absolute atomic E-state index is 13.7. The second kappa shape index (κ2) is 9.34. The van der Waals surface area contributed by atoms with Gasteiger partial charge in [0.05, 0.1) is 11.7 Å². The van der Waals surface area contributed by atoms with E-state index in [1.165, 1.54) is 12.1 Å². The summed E-state index contributed by atoms with van der Waals surface area (Å²) < 4.78 is 19.1. The first kappa shape index (κ1) is 20.7. The first-order valence-electron chi connectivity index (χ1n) is 8.15. The van der Waals surface area contributed by atoms with Gasteiger partial charge < -0.3 is 14.7 Å². The van der Waals surface area contributed by atoms with E-state index in [-0.39, 0.29) is 28.9 Å². The first-order valence-corrected chi connectivity index (χ1v) is 8.53. The standard InChI is InChI=1S/C19H19ClFNO5/c1-11(2)26-17(19(24)25)9-12-4-3-5-14(8-12)27-22-18(23)15-7-6-13(20)10-16(15)21/h3-8,10-11,17H,9H2,1-2H3,(H,22,23)(H,24,25). The predicted molar refractivity (Wildman–Crippen MR) is 97.3 cm³/mol. The molecular weight excluding hydrogens is 377 g/mol. The summed E-state index contributed by atoms with van der Waals surface area (Å²) in [7, 11) is 0. The Balaban J connectivity index is 2.02. The van der Waals surface area contributed by atoms with E-state index in [1.807, 2.05) is 0 Å². The molecule has 144 valence electrons. The van der Waals surface area contributed by atoms with Crippen molar-refractivity contribution in [3.8, 4) is 5.75 Å². The Morgan fingerprint density at radius 1 is 1.22 bits per heavy atom. The van der Waals surface area contributed by atoms with Crippen molar-refractivity contribution in [1.29, 1.82) is 0 Å². The van der Waals surface area contributed by atoms with Gasteiger partial charge in [0.15, 0.2) is 11.9 Å². The fourth-order valence-electron chi connectivity index (χ4n) is 2.31. The third-order valence-corrected chi connectivity index (χ3v) is 3.70. The van der Waals surface area contributed by atoms with Gasteiger partial charge in [-0.1, -0.05) is 23.7 Å². The van der Waals surface area contributed by atoms with Crippen LogP contribution in [0.1, 0.15) is 29.8 Å². The molecule has 0 saturated carbocycles. The summed E-state index contributed by atoms with van der Waals surface area (Å²) in [6.45, 7) is 3.50. The lowest BCUT2D eigenvalue weighted by Crippen LogP contribution is -2.29. The molecule has 0 fully saturated rings. The van der Waals surface area contributed by atoms with E-state index >= 15 is 0 Å². The lowest BCUT2D eigenvalue weighted by Gasteiger charge is -2.17. The maximum atomic E-state index is 13.7. The SMILES string of the molecule is CC(C)OC(Cc1cccc(ONC(=O)c2ccc(Cl)cc2F)c1)C(=O)O. The summed E-state index contributed by atoms with van der Waals surface area (Å²) in [5.41, 5.74) is 2.57. The highest BCUT2D eigenvalue weighted by atomic mass is 35.5. The number of hydrogen-bond donors (Lipinski definition) is 2. The van der Waals surface area contributed by atoms with Crippen LogP contribution in [0, 0.1) is 5.82 Å². The number of carbonyl (C=O) groups excluding carboxylic acids is 1. The van der Waals surface area contributed by atoms with E-state index in [1.54, 1.807) is 38.1 Å². The second-order valence-electron chi connectivity index (χ2n) is 6.02. The molecule has 0 spiro atoms. The van der Waals surface area contributed by atoms with Gasteiger partial charge in [0, 0.05) is 11.4 Å². The number of carboxylic acid groups (broad SMARTS) is 1. The topological polar surface area (TPSA) is 84.9 Å². The molecule has 0 aliphatic heterocycles. The van der Waals surface area contributed by atoms with E-state index in [0.717, 1.165) is 6.07 Å². The molecule has 0 heterocycles. The molecule has 0 aromatic heterocycles. The van der Waals surface area contributed by atoms with E-state index in [9.17, 15) is 19.1 Å². The fraction of sp³-hybridized carbons (Fsp3) is 0.263. The summed E-state index contributed by atoms with van der Waals surface area (Å²) >= 11 is 5.65. The van der Waals surface area contributed by atoms with Crippen LogP contribution < -0.4 is 10.3 Å². The molecule has 0 radical (unpaired) electrons. The zero-order valence-electron chi connectivity index (χ0n) is 14.7. The van der Waals surface area contributed by atoms with Crippen molar-refractivity contribution in [1.82, 2.24) is 5.48 Å². The smallest absolute Gasteiger partial charge is 0.333 e. The van der Waals surface area contributed by atoms with Gasteiger partial charge in [0.1, 0.15) is 5.82 Å². The molecule has 8 heteroatoms. The molecule has 1 amide bonds. The Bertz CT molecular complexity index is 827. The summed E-state index contributed by atoms with van der Waals surface area (Å²) in [5, 5.41) is 9.42. The van der Waals surface area contributed by atoms with Gasteiger partial charge in [0.2, 0.25) is 0 Å². The summed E-state index contributed by atoms with van der Waals surface area (Å²) in [6, 6.07) is 10.2. The van der Waals surface area contributed by atoms with Crippen LogP contribution in [0.15, 0.2) is 42.5 Å². The Morgan fingerprint density at radius 2 is 1.96 bits per heavy atom. The quantitative estimate of drug-likeness (QED) is 0.667. The van der Waals surface area contributed by atoms with Gasteiger partial charge in [-0.05, 0) is 49.7 Å².